The summed E-state index contributed by atoms with van der Waals surface area (Å²) in [6, 6.07) is 14.8. The highest BCUT2D eigenvalue weighted by molar-refractivity contribution is 5.94. The van der Waals surface area contributed by atoms with E-state index >= 15 is 4.39 Å². The Bertz CT molecular complexity index is 865. The van der Waals surface area contributed by atoms with Crippen LogP contribution in [-0.2, 0) is 9.47 Å². The minimum atomic E-state index is -0.402. The predicted octanol–water partition coefficient (Wildman–Crippen LogP) is 3.84. The molecule has 0 saturated carbocycles. The summed E-state index contributed by atoms with van der Waals surface area (Å²) in [6.07, 6.45) is 1.93. The Morgan fingerprint density at radius 1 is 1.28 bits per heavy atom. The van der Waals surface area contributed by atoms with Crippen LogP contribution in [-0.4, -0.2) is 64.0 Å². The Labute approximate surface area is 190 Å². The van der Waals surface area contributed by atoms with Crippen molar-refractivity contribution in [1.29, 1.82) is 0 Å². The van der Waals surface area contributed by atoms with Crippen LogP contribution in [0.4, 0.5) is 10.1 Å². The number of benzene rings is 2. The number of halogens is 1. The van der Waals surface area contributed by atoms with E-state index in [-0.39, 0.29) is 18.1 Å². The number of ether oxygens (including phenoxy) is 2. The number of hydrogen-bond acceptors (Lipinski definition) is 5. The number of carbonyl (C=O) groups is 1. The lowest BCUT2D eigenvalue weighted by Crippen LogP contribution is -2.36. The second-order valence-electron chi connectivity index (χ2n) is 8.20. The van der Waals surface area contributed by atoms with E-state index in [0.717, 1.165) is 38.0 Å². The first kappa shape index (κ1) is 24.2. The lowest BCUT2D eigenvalue weighted by Gasteiger charge is -2.34. The lowest BCUT2D eigenvalue weighted by atomic mass is 10.0. The molecule has 1 heterocycles. The number of rotatable bonds is 11. The zero-order valence-corrected chi connectivity index (χ0v) is 19.2. The summed E-state index contributed by atoms with van der Waals surface area (Å²) >= 11 is 0. The zero-order valence-electron chi connectivity index (χ0n) is 19.2. The Morgan fingerprint density at radius 2 is 2.06 bits per heavy atom. The summed E-state index contributed by atoms with van der Waals surface area (Å²) in [5, 5.41) is 2.79. The average molecular weight is 444 g/mol. The average Bonchev–Trinajstić information content (AvgIpc) is 3.27. The fraction of sp³-hybridized carbons (Fsp3) is 0.480. The first-order valence-corrected chi connectivity index (χ1v) is 11.2. The molecule has 1 N–H and O–H groups in total. The van der Waals surface area contributed by atoms with Crippen molar-refractivity contribution in [2.24, 2.45) is 0 Å². The van der Waals surface area contributed by atoms with Gasteiger partial charge >= 0.3 is 0 Å². The second kappa shape index (κ2) is 11.9. The van der Waals surface area contributed by atoms with Gasteiger partial charge in [-0.25, -0.2) is 4.39 Å². The SMILES string of the molecule is CCCNC(=O)c1ccc(N(C)C(CN2CCC(OCOC)C2)c2ccccc2)c(F)c1. The minimum Gasteiger partial charge on any atom is -0.364 e. The minimum absolute atomic E-state index is 0.0494. The molecule has 3 rings (SSSR count). The maximum atomic E-state index is 15.1. The Morgan fingerprint density at radius 3 is 2.75 bits per heavy atom. The number of nitrogens with zero attached hydrogens (tertiary/aromatic N) is 2. The second-order valence-corrected chi connectivity index (χ2v) is 8.20. The van der Waals surface area contributed by atoms with Gasteiger partial charge in [-0.15, -0.1) is 0 Å². The van der Waals surface area contributed by atoms with Gasteiger partial charge in [0.15, 0.2) is 0 Å². The van der Waals surface area contributed by atoms with Gasteiger partial charge in [-0.3, -0.25) is 9.69 Å². The van der Waals surface area contributed by atoms with E-state index in [1.165, 1.54) is 6.07 Å². The molecule has 7 heteroatoms. The summed E-state index contributed by atoms with van der Waals surface area (Å²) in [7, 11) is 3.53. The number of likely N-dealkylation sites (tertiary alicyclic amines) is 1. The van der Waals surface area contributed by atoms with Gasteiger partial charge in [0, 0.05) is 45.9 Å². The molecule has 0 spiro atoms. The van der Waals surface area contributed by atoms with Crippen LogP contribution >= 0.6 is 0 Å². The van der Waals surface area contributed by atoms with Crippen LogP contribution in [0.25, 0.3) is 0 Å². The maximum absolute atomic E-state index is 15.1. The van der Waals surface area contributed by atoms with Crippen LogP contribution in [0.15, 0.2) is 48.5 Å². The monoisotopic (exact) mass is 443 g/mol. The molecule has 2 aromatic rings. The van der Waals surface area contributed by atoms with Crippen LogP contribution in [0.1, 0.15) is 41.7 Å². The van der Waals surface area contributed by atoms with E-state index in [0.29, 0.717) is 24.6 Å². The van der Waals surface area contributed by atoms with Crippen molar-refractivity contribution in [3.8, 4) is 0 Å². The Balaban J connectivity index is 1.77. The van der Waals surface area contributed by atoms with E-state index in [1.807, 2.05) is 37.1 Å². The van der Waals surface area contributed by atoms with Crippen molar-refractivity contribution in [2.45, 2.75) is 31.9 Å². The molecule has 1 amide bonds. The summed E-state index contributed by atoms with van der Waals surface area (Å²) < 4.78 is 25.9. The van der Waals surface area contributed by atoms with Gasteiger partial charge < -0.3 is 19.7 Å². The molecule has 1 aliphatic rings. The fourth-order valence-corrected chi connectivity index (χ4v) is 4.08. The van der Waals surface area contributed by atoms with Crippen LogP contribution < -0.4 is 10.2 Å². The van der Waals surface area contributed by atoms with Gasteiger partial charge in [0.25, 0.3) is 5.91 Å². The third kappa shape index (κ3) is 6.28. The molecule has 1 aliphatic heterocycles. The number of anilines is 1. The highest BCUT2D eigenvalue weighted by atomic mass is 19.1. The van der Waals surface area contributed by atoms with Crippen molar-refractivity contribution in [1.82, 2.24) is 10.2 Å². The number of carbonyl (C=O) groups excluding carboxylic acids is 1. The van der Waals surface area contributed by atoms with E-state index in [2.05, 4.69) is 22.3 Å². The zero-order chi connectivity index (χ0) is 22.9. The molecule has 174 valence electrons. The van der Waals surface area contributed by atoms with E-state index < -0.39 is 5.82 Å². The normalized spacial score (nSPS) is 17.3. The number of amides is 1. The number of hydrogen-bond donors (Lipinski definition) is 1. The van der Waals surface area contributed by atoms with Crippen molar-refractivity contribution < 1.29 is 18.7 Å². The standard InChI is InChI=1S/C25H34FN3O3/c1-4-13-27-25(30)20-10-11-23(22(26)15-20)28(2)24(19-8-6-5-7-9-19)17-29-14-12-21(16-29)32-18-31-3/h5-11,15,21,24H,4,12-14,16-18H2,1-3H3,(H,27,30). The summed E-state index contributed by atoms with van der Waals surface area (Å²) in [6.45, 7) is 5.33. The smallest absolute Gasteiger partial charge is 0.251 e. The van der Waals surface area contributed by atoms with Crippen molar-refractivity contribution in [3.63, 3.8) is 0 Å². The van der Waals surface area contributed by atoms with Crippen molar-refractivity contribution >= 4 is 11.6 Å². The van der Waals surface area contributed by atoms with Crippen LogP contribution in [0, 0.1) is 5.82 Å². The number of likely N-dealkylation sites (N-methyl/N-ethyl adjacent to an activating group) is 1. The molecular weight excluding hydrogens is 409 g/mol. The third-order valence-electron chi connectivity index (χ3n) is 5.86. The molecule has 2 unspecified atom stereocenters. The van der Waals surface area contributed by atoms with Gasteiger partial charge in [0.2, 0.25) is 0 Å². The van der Waals surface area contributed by atoms with Gasteiger partial charge in [0.1, 0.15) is 12.6 Å². The molecule has 0 bridgehead atoms. The van der Waals surface area contributed by atoms with Crippen molar-refractivity contribution in [3.05, 3.63) is 65.5 Å². The van der Waals surface area contributed by atoms with Crippen LogP contribution in [0.3, 0.4) is 0 Å². The Hall–Kier alpha value is -2.48. The molecule has 2 aromatic carbocycles. The lowest BCUT2D eigenvalue weighted by molar-refractivity contribution is -0.0671. The first-order valence-electron chi connectivity index (χ1n) is 11.2. The summed E-state index contributed by atoms with van der Waals surface area (Å²) in [4.78, 5) is 16.5. The molecule has 2 atom stereocenters. The molecule has 6 nitrogen and oxygen atoms in total. The first-order chi connectivity index (χ1) is 15.5. The molecule has 0 radical (unpaired) electrons. The van der Waals surface area contributed by atoms with Gasteiger partial charge in [-0.05, 0) is 36.6 Å². The molecule has 0 aliphatic carbocycles. The van der Waals surface area contributed by atoms with Gasteiger partial charge in [-0.2, -0.15) is 0 Å². The van der Waals surface area contributed by atoms with Crippen LogP contribution in [0.2, 0.25) is 0 Å². The van der Waals surface area contributed by atoms with E-state index in [4.69, 9.17) is 9.47 Å². The summed E-state index contributed by atoms with van der Waals surface area (Å²) in [5.74, 6) is -0.654. The van der Waals surface area contributed by atoms with E-state index in [1.54, 1.807) is 19.2 Å². The van der Waals surface area contributed by atoms with E-state index in [9.17, 15) is 4.79 Å². The quantitative estimate of drug-likeness (QED) is 0.535. The largest absolute Gasteiger partial charge is 0.364 e. The fourth-order valence-electron chi connectivity index (χ4n) is 4.08. The molecule has 1 saturated heterocycles. The molecule has 32 heavy (non-hydrogen) atoms. The van der Waals surface area contributed by atoms with Gasteiger partial charge in [0.05, 0.1) is 17.8 Å². The van der Waals surface area contributed by atoms with Crippen LogP contribution in [0.5, 0.6) is 0 Å². The summed E-state index contributed by atoms with van der Waals surface area (Å²) in [5.41, 5.74) is 1.92. The highest BCUT2D eigenvalue weighted by Gasteiger charge is 2.28. The Kier molecular flexibility index (Phi) is 9.02. The van der Waals surface area contributed by atoms with Gasteiger partial charge in [-0.1, -0.05) is 37.3 Å². The predicted molar refractivity (Wildman–Crippen MR) is 124 cm³/mol. The molecular formula is C25H34FN3O3. The highest BCUT2D eigenvalue weighted by Crippen LogP contribution is 2.30. The van der Waals surface area contributed by atoms with Crippen molar-refractivity contribution in [2.75, 3.05) is 52.0 Å². The molecule has 1 fully saturated rings. The maximum Gasteiger partial charge on any atom is 0.251 e. The molecule has 0 aromatic heterocycles. The topological polar surface area (TPSA) is 54.0 Å². The number of methoxy groups -OCH3 is 1. The third-order valence-corrected chi connectivity index (χ3v) is 5.86. The number of nitrogens with one attached hydrogen (secondary N) is 1.